The molecular weight excluding hydrogens is 454 g/mol. The predicted molar refractivity (Wildman–Crippen MR) is 125 cm³/mol. The van der Waals surface area contributed by atoms with E-state index < -0.39 is 15.9 Å². The molecule has 0 aliphatic carbocycles. The van der Waals surface area contributed by atoms with Gasteiger partial charge < -0.3 is 4.57 Å². The number of sulfonamides is 1. The van der Waals surface area contributed by atoms with E-state index in [1.165, 1.54) is 39.9 Å². The first-order valence-corrected chi connectivity index (χ1v) is 12.3. The molecule has 0 saturated heterocycles. The smallest absolute Gasteiger partial charge is 0.279 e. The summed E-state index contributed by atoms with van der Waals surface area (Å²) in [5.74, 6) is 2.09. The van der Waals surface area contributed by atoms with Crippen molar-refractivity contribution in [2.75, 3.05) is 13.6 Å². The van der Waals surface area contributed by atoms with Crippen molar-refractivity contribution in [3.8, 4) is 12.3 Å². The van der Waals surface area contributed by atoms with Crippen molar-refractivity contribution in [1.82, 2.24) is 8.87 Å². The largest absolute Gasteiger partial charge is 0.305 e. The average molecular weight is 476 g/mol. The quantitative estimate of drug-likeness (QED) is 0.482. The molecule has 162 valence electrons. The number of thiazole rings is 1. The van der Waals surface area contributed by atoms with E-state index in [9.17, 15) is 13.2 Å². The van der Waals surface area contributed by atoms with E-state index in [-0.39, 0.29) is 17.0 Å². The van der Waals surface area contributed by atoms with Crippen molar-refractivity contribution in [3.05, 3.63) is 57.9 Å². The van der Waals surface area contributed by atoms with E-state index in [2.05, 4.69) is 10.9 Å². The summed E-state index contributed by atoms with van der Waals surface area (Å²) in [6.45, 7) is 2.71. The summed E-state index contributed by atoms with van der Waals surface area (Å²) in [4.78, 5) is 17.6. The van der Waals surface area contributed by atoms with Crippen molar-refractivity contribution in [2.24, 2.45) is 4.99 Å². The van der Waals surface area contributed by atoms with Gasteiger partial charge in [-0.15, -0.1) is 6.42 Å². The summed E-state index contributed by atoms with van der Waals surface area (Å²) in [6.07, 6.45) is 7.17. The van der Waals surface area contributed by atoms with Crippen LogP contribution in [0.4, 0.5) is 0 Å². The molecule has 1 heterocycles. The number of fused-ring (bicyclic) bond motifs is 1. The van der Waals surface area contributed by atoms with E-state index in [1.54, 1.807) is 23.7 Å². The van der Waals surface area contributed by atoms with Crippen LogP contribution in [-0.4, -0.2) is 36.8 Å². The third kappa shape index (κ3) is 5.08. The molecular formula is C22H22ClN3O3S2. The van der Waals surface area contributed by atoms with Crippen molar-refractivity contribution in [2.45, 2.75) is 31.2 Å². The summed E-state index contributed by atoms with van der Waals surface area (Å²) < 4.78 is 29.2. The zero-order valence-corrected chi connectivity index (χ0v) is 19.6. The molecule has 0 bridgehead atoms. The maximum absolute atomic E-state index is 12.7. The van der Waals surface area contributed by atoms with Gasteiger partial charge in [0.05, 0.1) is 21.7 Å². The van der Waals surface area contributed by atoms with Crippen molar-refractivity contribution in [3.63, 3.8) is 0 Å². The van der Waals surface area contributed by atoms with Gasteiger partial charge in [0, 0.05) is 24.2 Å². The molecule has 0 saturated carbocycles. The van der Waals surface area contributed by atoms with E-state index in [0.29, 0.717) is 16.4 Å². The Morgan fingerprint density at radius 3 is 2.61 bits per heavy atom. The first-order chi connectivity index (χ1) is 14.8. The Bertz CT molecular complexity index is 1320. The number of terminal acetylenes is 1. The lowest BCUT2D eigenvalue weighted by Crippen LogP contribution is -2.27. The number of hydrogen-bond donors (Lipinski definition) is 0. The van der Waals surface area contributed by atoms with Gasteiger partial charge in [-0.1, -0.05) is 42.2 Å². The molecule has 0 aliphatic heterocycles. The van der Waals surface area contributed by atoms with Crippen molar-refractivity contribution in [1.29, 1.82) is 0 Å². The van der Waals surface area contributed by atoms with Crippen molar-refractivity contribution >= 4 is 49.1 Å². The van der Waals surface area contributed by atoms with Gasteiger partial charge >= 0.3 is 0 Å². The zero-order chi connectivity index (χ0) is 22.6. The molecule has 0 aliphatic rings. The van der Waals surface area contributed by atoms with Gasteiger partial charge in [0.1, 0.15) is 0 Å². The Labute approximate surface area is 190 Å². The summed E-state index contributed by atoms with van der Waals surface area (Å²) in [5.41, 5.74) is 1.13. The Balaban J connectivity index is 1.93. The average Bonchev–Trinajstić information content (AvgIpc) is 3.08. The van der Waals surface area contributed by atoms with Crippen LogP contribution in [0.3, 0.4) is 0 Å². The monoisotopic (exact) mass is 475 g/mol. The van der Waals surface area contributed by atoms with Gasteiger partial charge in [0.15, 0.2) is 4.80 Å². The molecule has 3 rings (SSSR count). The number of hydrogen-bond acceptors (Lipinski definition) is 4. The van der Waals surface area contributed by atoms with E-state index in [0.717, 1.165) is 23.1 Å². The van der Waals surface area contributed by atoms with Crippen LogP contribution < -0.4 is 4.80 Å². The van der Waals surface area contributed by atoms with Crippen LogP contribution in [0.2, 0.25) is 5.02 Å². The van der Waals surface area contributed by atoms with E-state index in [4.69, 9.17) is 18.0 Å². The van der Waals surface area contributed by atoms with Crippen LogP contribution in [0.25, 0.3) is 10.2 Å². The number of nitrogens with zero attached hydrogens (tertiary/aromatic N) is 3. The van der Waals surface area contributed by atoms with Crippen LogP contribution >= 0.6 is 22.9 Å². The fraction of sp³-hybridized carbons (Fsp3) is 0.273. The number of halogens is 1. The maximum atomic E-state index is 12.7. The minimum atomic E-state index is -3.59. The third-order valence-corrected chi connectivity index (χ3v) is 7.87. The normalized spacial score (nSPS) is 12.4. The van der Waals surface area contributed by atoms with Gasteiger partial charge in [-0.3, -0.25) is 4.79 Å². The first kappa shape index (κ1) is 23.2. The number of aromatic nitrogens is 1. The lowest BCUT2D eigenvalue weighted by atomic mass is 10.2. The molecule has 1 aromatic heterocycles. The highest BCUT2D eigenvalue weighted by Crippen LogP contribution is 2.22. The molecule has 0 N–H and O–H groups in total. The standard InChI is InChI=1S/C22H22ClN3O3S2/c1-4-6-14-25(3)31(28,29)18-10-7-16(8-11-18)21(27)24-22-26(13-5-2)19-12-9-17(23)15-20(19)30-22/h2,7-12,15H,4,6,13-14H2,1,3H3. The molecule has 2 aromatic carbocycles. The number of benzene rings is 2. The second kappa shape index (κ2) is 9.79. The fourth-order valence-electron chi connectivity index (χ4n) is 2.98. The van der Waals surface area contributed by atoms with Crippen LogP contribution in [-0.2, 0) is 16.6 Å². The molecule has 0 fully saturated rings. The second-order valence-electron chi connectivity index (χ2n) is 6.91. The Morgan fingerprint density at radius 2 is 1.97 bits per heavy atom. The van der Waals surface area contributed by atoms with Crippen LogP contribution in [0.15, 0.2) is 52.4 Å². The number of carbonyl (C=O) groups is 1. The minimum Gasteiger partial charge on any atom is -0.305 e. The lowest BCUT2D eigenvalue weighted by Gasteiger charge is -2.16. The van der Waals surface area contributed by atoms with Gasteiger partial charge in [-0.2, -0.15) is 4.99 Å². The van der Waals surface area contributed by atoms with Crippen LogP contribution in [0, 0.1) is 12.3 Å². The minimum absolute atomic E-state index is 0.140. The summed E-state index contributed by atoms with van der Waals surface area (Å²) in [6, 6.07) is 11.2. The molecule has 6 nitrogen and oxygen atoms in total. The summed E-state index contributed by atoms with van der Waals surface area (Å²) in [5, 5.41) is 0.584. The van der Waals surface area contributed by atoms with Gasteiger partial charge in [-0.25, -0.2) is 12.7 Å². The summed E-state index contributed by atoms with van der Waals surface area (Å²) >= 11 is 7.38. The molecule has 3 aromatic rings. The van der Waals surface area contributed by atoms with Crippen LogP contribution in [0.5, 0.6) is 0 Å². The number of carbonyl (C=O) groups excluding carboxylic acids is 1. The number of amides is 1. The van der Waals surface area contributed by atoms with Gasteiger partial charge in [0.2, 0.25) is 10.0 Å². The van der Waals surface area contributed by atoms with Gasteiger partial charge in [-0.05, 0) is 48.9 Å². The Kier molecular flexibility index (Phi) is 7.34. The second-order valence-corrected chi connectivity index (χ2v) is 10.4. The Morgan fingerprint density at radius 1 is 1.26 bits per heavy atom. The molecule has 9 heteroatoms. The highest BCUT2D eigenvalue weighted by atomic mass is 35.5. The van der Waals surface area contributed by atoms with E-state index in [1.807, 2.05) is 13.0 Å². The molecule has 31 heavy (non-hydrogen) atoms. The number of unbranched alkanes of at least 4 members (excludes halogenated alkanes) is 1. The number of rotatable bonds is 7. The SMILES string of the molecule is C#CCn1c(=NC(=O)c2ccc(S(=O)(=O)N(C)CCCC)cc2)sc2cc(Cl)ccc21. The van der Waals surface area contributed by atoms with Gasteiger partial charge in [0.25, 0.3) is 5.91 Å². The van der Waals surface area contributed by atoms with Crippen LogP contribution in [0.1, 0.15) is 30.1 Å². The molecule has 0 unspecified atom stereocenters. The summed E-state index contributed by atoms with van der Waals surface area (Å²) in [7, 11) is -2.04. The molecule has 0 spiro atoms. The molecule has 1 amide bonds. The fourth-order valence-corrected chi connectivity index (χ4v) is 5.49. The Hall–Kier alpha value is -2.44. The third-order valence-electron chi connectivity index (χ3n) is 4.73. The van der Waals surface area contributed by atoms with E-state index >= 15 is 0 Å². The zero-order valence-electron chi connectivity index (χ0n) is 17.2. The predicted octanol–water partition coefficient (Wildman–Crippen LogP) is 4.15. The highest BCUT2D eigenvalue weighted by Gasteiger charge is 2.20. The lowest BCUT2D eigenvalue weighted by molar-refractivity contribution is 0.0998. The highest BCUT2D eigenvalue weighted by molar-refractivity contribution is 7.89. The maximum Gasteiger partial charge on any atom is 0.279 e. The first-order valence-electron chi connectivity index (χ1n) is 9.65. The van der Waals surface area contributed by atoms with Crippen molar-refractivity contribution < 1.29 is 13.2 Å². The molecule has 0 radical (unpaired) electrons. The topological polar surface area (TPSA) is 71.7 Å². The molecule has 0 atom stereocenters.